The lowest BCUT2D eigenvalue weighted by Crippen LogP contribution is -2.50. The molecule has 1 aliphatic heterocycles. The Morgan fingerprint density at radius 2 is 2.03 bits per heavy atom. The number of hydrogen-bond donors (Lipinski definition) is 1. The number of carbonyl (C=O) groups is 2. The topological polar surface area (TPSA) is 98.5 Å². The Balaban J connectivity index is 1.71. The molecule has 0 aliphatic carbocycles. The first-order chi connectivity index (χ1) is 14.8. The number of hydrogen-bond acceptors (Lipinski definition) is 6. The summed E-state index contributed by atoms with van der Waals surface area (Å²) < 4.78 is 7.41. The number of nitrogens with one attached hydrogen (secondary N) is 1. The molecule has 8 heteroatoms. The largest absolute Gasteiger partial charge is 0.462 e. The third kappa shape index (κ3) is 4.84. The molecule has 1 amide bonds. The van der Waals surface area contributed by atoms with E-state index in [1.165, 1.54) is 0 Å². The van der Waals surface area contributed by atoms with E-state index in [0.717, 1.165) is 30.5 Å². The number of aliphatic imine (C=N–C) groups is 1. The van der Waals surface area contributed by atoms with Crippen molar-refractivity contribution in [3.8, 4) is 0 Å². The van der Waals surface area contributed by atoms with Crippen molar-refractivity contribution in [3.05, 3.63) is 47.0 Å². The molecule has 0 saturated carbocycles. The molecule has 1 aliphatic rings. The molecule has 1 atom stereocenters. The number of esters is 1. The standard InChI is InChI=1S/C23H31N5O3/c1-6-16-11-18(21(29)31-10-8-9-17-13-25-28(7-2)14-17)19(24-12-16)20-26-22(30)23(5,27-20)15(3)4/h11-15H,6-10H2,1-5H3,(H,26,27,30). The van der Waals surface area contributed by atoms with Gasteiger partial charge in [0.05, 0.1) is 18.4 Å². The van der Waals surface area contributed by atoms with Crippen LogP contribution in [0.5, 0.6) is 0 Å². The van der Waals surface area contributed by atoms with Crippen molar-refractivity contribution in [2.45, 2.75) is 66.0 Å². The number of nitrogens with zero attached hydrogens (tertiary/aromatic N) is 4. The van der Waals surface area contributed by atoms with Crippen LogP contribution in [0.15, 0.2) is 29.6 Å². The normalized spacial score (nSPS) is 18.3. The molecule has 3 heterocycles. The molecule has 3 rings (SSSR count). The van der Waals surface area contributed by atoms with Crippen LogP contribution in [0, 0.1) is 5.92 Å². The first-order valence-corrected chi connectivity index (χ1v) is 10.9. The lowest BCUT2D eigenvalue weighted by molar-refractivity contribution is -0.123. The van der Waals surface area contributed by atoms with Gasteiger partial charge in [0.15, 0.2) is 5.84 Å². The van der Waals surface area contributed by atoms with Crippen molar-refractivity contribution in [3.63, 3.8) is 0 Å². The smallest absolute Gasteiger partial charge is 0.340 e. The second-order valence-electron chi connectivity index (χ2n) is 8.28. The molecular weight excluding hydrogens is 394 g/mol. The summed E-state index contributed by atoms with van der Waals surface area (Å²) >= 11 is 0. The highest BCUT2D eigenvalue weighted by atomic mass is 16.5. The van der Waals surface area contributed by atoms with Gasteiger partial charge in [0.2, 0.25) is 0 Å². The molecule has 0 fully saturated rings. The van der Waals surface area contributed by atoms with Crippen LogP contribution in [-0.4, -0.2) is 44.6 Å². The van der Waals surface area contributed by atoms with Crippen LogP contribution < -0.4 is 5.32 Å². The van der Waals surface area contributed by atoms with E-state index in [1.807, 2.05) is 51.7 Å². The molecule has 2 aromatic rings. The van der Waals surface area contributed by atoms with E-state index >= 15 is 0 Å². The Labute approximate surface area is 183 Å². The summed E-state index contributed by atoms with van der Waals surface area (Å²) in [6.07, 6.45) is 7.75. The molecule has 1 N–H and O–H groups in total. The molecule has 8 nitrogen and oxygen atoms in total. The Kier molecular flexibility index (Phi) is 6.87. The maximum Gasteiger partial charge on any atom is 0.340 e. The Morgan fingerprint density at radius 1 is 1.26 bits per heavy atom. The van der Waals surface area contributed by atoms with Gasteiger partial charge in [0.25, 0.3) is 5.91 Å². The average molecular weight is 426 g/mol. The van der Waals surface area contributed by atoms with Crippen molar-refractivity contribution in [1.29, 1.82) is 0 Å². The minimum atomic E-state index is -0.815. The zero-order valence-electron chi connectivity index (χ0n) is 18.9. The van der Waals surface area contributed by atoms with E-state index < -0.39 is 11.5 Å². The molecule has 0 aromatic carbocycles. The highest BCUT2D eigenvalue weighted by Crippen LogP contribution is 2.25. The molecule has 166 valence electrons. The van der Waals surface area contributed by atoms with Crippen molar-refractivity contribution in [1.82, 2.24) is 20.1 Å². The van der Waals surface area contributed by atoms with E-state index in [9.17, 15) is 9.59 Å². The van der Waals surface area contributed by atoms with Crippen molar-refractivity contribution in [2.75, 3.05) is 6.61 Å². The lowest BCUT2D eigenvalue weighted by atomic mass is 9.88. The quantitative estimate of drug-likeness (QED) is 0.490. The maximum absolute atomic E-state index is 12.9. The summed E-state index contributed by atoms with van der Waals surface area (Å²) in [7, 11) is 0. The Bertz CT molecular complexity index is 995. The predicted molar refractivity (Wildman–Crippen MR) is 118 cm³/mol. The highest BCUT2D eigenvalue weighted by Gasteiger charge is 2.43. The zero-order valence-corrected chi connectivity index (χ0v) is 18.9. The van der Waals surface area contributed by atoms with E-state index in [4.69, 9.17) is 4.74 Å². The second-order valence-corrected chi connectivity index (χ2v) is 8.28. The maximum atomic E-state index is 12.9. The fraction of sp³-hybridized carbons (Fsp3) is 0.522. The number of rotatable bonds is 9. The van der Waals surface area contributed by atoms with Gasteiger partial charge in [0.1, 0.15) is 11.2 Å². The fourth-order valence-corrected chi connectivity index (χ4v) is 3.32. The first-order valence-electron chi connectivity index (χ1n) is 10.9. The summed E-state index contributed by atoms with van der Waals surface area (Å²) in [4.78, 5) is 34.0. The number of pyridine rings is 1. The predicted octanol–water partition coefficient (Wildman–Crippen LogP) is 2.94. The van der Waals surface area contributed by atoms with E-state index in [1.54, 1.807) is 12.3 Å². The first kappa shape index (κ1) is 22.7. The van der Waals surface area contributed by atoms with E-state index in [0.29, 0.717) is 23.5 Å². The summed E-state index contributed by atoms with van der Waals surface area (Å²) in [6.45, 7) is 10.9. The fourth-order valence-electron chi connectivity index (χ4n) is 3.32. The number of aryl methyl sites for hydroxylation is 3. The number of carbonyl (C=O) groups excluding carboxylic acids is 2. The van der Waals surface area contributed by atoms with Gasteiger partial charge in [-0.3, -0.25) is 14.5 Å². The Hall–Kier alpha value is -3.03. The third-order valence-electron chi connectivity index (χ3n) is 5.84. The summed E-state index contributed by atoms with van der Waals surface area (Å²) in [5.74, 6) is -0.366. The molecular formula is C23H31N5O3. The molecule has 2 aromatic heterocycles. The van der Waals surface area contributed by atoms with Crippen LogP contribution in [0.1, 0.15) is 68.2 Å². The molecule has 31 heavy (non-hydrogen) atoms. The van der Waals surface area contributed by atoms with E-state index in [2.05, 4.69) is 20.4 Å². The molecule has 0 bridgehead atoms. The molecule has 1 unspecified atom stereocenters. The molecule has 0 spiro atoms. The van der Waals surface area contributed by atoms with Gasteiger partial charge in [-0.25, -0.2) is 4.79 Å². The average Bonchev–Trinajstić information content (AvgIpc) is 3.35. The monoisotopic (exact) mass is 425 g/mol. The van der Waals surface area contributed by atoms with Gasteiger partial charge in [-0.1, -0.05) is 20.8 Å². The number of amidine groups is 1. The lowest BCUT2D eigenvalue weighted by Gasteiger charge is -2.27. The van der Waals surface area contributed by atoms with Crippen LogP contribution in [0.4, 0.5) is 0 Å². The van der Waals surface area contributed by atoms with Crippen LogP contribution in [-0.2, 0) is 28.9 Å². The van der Waals surface area contributed by atoms with Crippen molar-refractivity contribution < 1.29 is 14.3 Å². The van der Waals surface area contributed by atoms with Gasteiger partial charge in [-0.15, -0.1) is 0 Å². The Morgan fingerprint density at radius 3 is 2.65 bits per heavy atom. The van der Waals surface area contributed by atoms with Crippen LogP contribution in [0.3, 0.4) is 0 Å². The van der Waals surface area contributed by atoms with E-state index in [-0.39, 0.29) is 18.4 Å². The van der Waals surface area contributed by atoms with Gasteiger partial charge in [-0.05, 0) is 56.2 Å². The van der Waals surface area contributed by atoms with Gasteiger partial charge >= 0.3 is 5.97 Å². The second kappa shape index (κ2) is 9.41. The summed E-state index contributed by atoms with van der Waals surface area (Å²) in [5.41, 5.74) is 1.89. The van der Waals surface area contributed by atoms with Gasteiger partial charge in [0, 0.05) is 18.9 Å². The van der Waals surface area contributed by atoms with Crippen LogP contribution in [0.2, 0.25) is 0 Å². The van der Waals surface area contributed by atoms with Crippen LogP contribution >= 0.6 is 0 Å². The van der Waals surface area contributed by atoms with Gasteiger partial charge in [-0.2, -0.15) is 10.1 Å². The van der Waals surface area contributed by atoms with Crippen molar-refractivity contribution in [2.24, 2.45) is 10.9 Å². The summed E-state index contributed by atoms with van der Waals surface area (Å²) in [5, 5.41) is 7.44. The molecule has 0 radical (unpaired) electrons. The molecule has 0 saturated heterocycles. The minimum absolute atomic E-state index is 0.0311. The number of aromatic nitrogens is 3. The highest BCUT2D eigenvalue weighted by molar-refractivity contribution is 6.16. The number of amides is 1. The number of ether oxygens (including phenoxy) is 1. The van der Waals surface area contributed by atoms with Gasteiger partial charge < -0.3 is 10.1 Å². The van der Waals surface area contributed by atoms with Crippen molar-refractivity contribution >= 4 is 17.7 Å². The zero-order chi connectivity index (χ0) is 22.6. The van der Waals surface area contributed by atoms with Crippen LogP contribution in [0.25, 0.3) is 0 Å². The SMILES string of the molecule is CCc1cnc(C2=NC(=O)C(C)(C(C)C)N2)c(C(=O)OCCCc2cnn(CC)c2)c1. The minimum Gasteiger partial charge on any atom is -0.462 e. The third-order valence-corrected chi connectivity index (χ3v) is 5.84. The summed E-state index contributed by atoms with van der Waals surface area (Å²) in [6, 6.07) is 1.77.